The second kappa shape index (κ2) is 9.39. The number of benzene rings is 3. The first-order valence-electron chi connectivity index (χ1n) is 12.2. The summed E-state index contributed by atoms with van der Waals surface area (Å²) >= 11 is 0. The number of allylic oxidation sites excluding steroid dienone is 1. The highest BCUT2D eigenvalue weighted by Crippen LogP contribution is 2.48. The Kier molecular flexibility index (Phi) is 5.93. The molecule has 1 atom stereocenters. The van der Waals surface area contributed by atoms with E-state index < -0.39 is 0 Å². The zero-order valence-electron chi connectivity index (χ0n) is 20.1. The van der Waals surface area contributed by atoms with Gasteiger partial charge in [-0.2, -0.15) is 0 Å². The molecular formula is C29H28FNO5. The van der Waals surface area contributed by atoms with Crippen molar-refractivity contribution in [1.82, 2.24) is 4.90 Å². The third-order valence-electron chi connectivity index (χ3n) is 7.07. The van der Waals surface area contributed by atoms with Gasteiger partial charge in [-0.05, 0) is 66.1 Å². The number of phenols is 1. The summed E-state index contributed by atoms with van der Waals surface area (Å²) in [6.45, 7) is 5.00. The van der Waals surface area contributed by atoms with Gasteiger partial charge in [0.2, 0.25) is 6.79 Å². The normalized spacial score (nSPS) is 19.0. The molecule has 0 bridgehead atoms. The maximum atomic E-state index is 12.6. The van der Waals surface area contributed by atoms with Crippen molar-refractivity contribution < 1.29 is 28.4 Å². The molecule has 0 aliphatic carbocycles. The number of phenolic OH excluding ortho intramolecular Hbond substituents is 1. The van der Waals surface area contributed by atoms with E-state index in [1.807, 2.05) is 42.5 Å². The van der Waals surface area contributed by atoms with E-state index in [9.17, 15) is 9.50 Å². The zero-order valence-corrected chi connectivity index (χ0v) is 20.1. The minimum atomic E-state index is -0.352. The third kappa shape index (κ3) is 4.24. The van der Waals surface area contributed by atoms with Crippen LogP contribution in [-0.2, 0) is 0 Å². The Morgan fingerprint density at radius 1 is 0.972 bits per heavy atom. The first-order valence-corrected chi connectivity index (χ1v) is 12.2. The molecule has 0 amide bonds. The molecule has 3 aromatic rings. The summed E-state index contributed by atoms with van der Waals surface area (Å²) < 4.78 is 36.2. The van der Waals surface area contributed by atoms with Gasteiger partial charge in [0.05, 0.1) is 6.67 Å². The first-order chi connectivity index (χ1) is 17.6. The van der Waals surface area contributed by atoms with Crippen LogP contribution in [0.25, 0.3) is 11.1 Å². The number of alkyl halides is 1. The van der Waals surface area contributed by atoms with E-state index >= 15 is 0 Å². The largest absolute Gasteiger partial charge is 0.508 e. The summed E-state index contributed by atoms with van der Waals surface area (Å²) in [5, 5.41) is 10.1. The fourth-order valence-electron chi connectivity index (χ4n) is 5.10. The minimum Gasteiger partial charge on any atom is -0.508 e. The van der Waals surface area contributed by atoms with Gasteiger partial charge in [0.1, 0.15) is 30.0 Å². The van der Waals surface area contributed by atoms with Crippen LogP contribution in [-0.4, -0.2) is 49.7 Å². The molecule has 6 rings (SSSR count). The molecule has 1 saturated heterocycles. The monoisotopic (exact) mass is 489 g/mol. The van der Waals surface area contributed by atoms with Gasteiger partial charge in [-0.25, -0.2) is 0 Å². The average molecular weight is 490 g/mol. The minimum absolute atomic E-state index is 0.185. The molecule has 186 valence electrons. The van der Waals surface area contributed by atoms with Gasteiger partial charge in [-0.3, -0.25) is 9.29 Å². The van der Waals surface area contributed by atoms with Gasteiger partial charge < -0.3 is 24.1 Å². The van der Waals surface area contributed by atoms with Crippen LogP contribution in [0.15, 0.2) is 60.7 Å². The van der Waals surface area contributed by atoms with Crippen molar-refractivity contribution in [3.05, 3.63) is 77.4 Å². The molecule has 3 heterocycles. The smallest absolute Gasteiger partial charge is 0.231 e. The topological polar surface area (TPSA) is 60.4 Å². The van der Waals surface area contributed by atoms with E-state index in [0.717, 1.165) is 64.7 Å². The Morgan fingerprint density at radius 3 is 2.56 bits per heavy atom. The van der Waals surface area contributed by atoms with E-state index in [0.29, 0.717) is 12.4 Å². The highest BCUT2D eigenvalue weighted by Gasteiger charge is 2.31. The number of halogens is 1. The Bertz CT molecular complexity index is 1300. The van der Waals surface area contributed by atoms with Crippen LogP contribution in [0.4, 0.5) is 4.39 Å². The molecule has 0 spiro atoms. The number of rotatable bonds is 7. The molecule has 3 aliphatic heterocycles. The standard InChI is InChI=1S/C29H28FNO5/c1-18-24-13-22(32)5-9-25(24)36-29(28(18)21-4-8-26-27(12-21)35-17-34-26)20-2-6-23(7-3-20)33-11-10-31-15-19(14-30)16-31/h2-9,12-13,19,29,32H,10-11,14-17H2,1H3. The molecule has 36 heavy (non-hydrogen) atoms. The number of ether oxygens (including phenoxy) is 4. The molecule has 1 fully saturated rings. The summed E-state index contributed by atoms with van der Waals surface area (Å²) in [4.78, 5) is 2.20. The molecule has 0 aromatic heterocycles. The van der Waals surface area contributed by atoms with Gasteiger partial charge in [0.25, 0.3) is 0 Å². The highest BCUT2D eigenvalue weighted by molar-refractivity contribution is 5.96. The van der Waals surface area contributed by atoms with Crippen LogP contribution in [0.2, 0.25) is 0 Å². The lowest BCUT2D eigenvalue weighted by molar-refractivity contribution is 0.0668. The number of fused-ring (bicyclic) bond motifs is 2. The average Bonchev–Trinajstić information content (AvgIpc) is 3.34. The fraction of sp³-hybridized carbons (Fsp3) is 0.310. The fourth-order valence-corrected chi connectivity index (χ4v) is 5.10. The van der Waals surface area contributed by atoms with Crippen LogP contribution in [0.5, 0.6) is 28.7 Å². The van der Waals surface area contributed by atoms with Gasteiger partial charge in [-0.15, -0.1) is 0 Å². The molecule has 1 unspecified atom stereocenters. The molecule has 7 heteroatoms. The molecule has 3 aliphatic rings. The molecule has 6 nitrogen and oxygen atoms in total. The predicted octanol–water partition coefficient (Wildman–Crippen LogP) is 5.47. The second-order valence-electron chi connectivity index (χ2n) is 9.48. The molecule has 1 N–H and O–H groups in total. The van der Waals surface area contributed by atoms with Crippen molar-refractivity contribution in [2.24, 2.45) is 5.92 Å². The summed E-state index contributed by atoms with van der Waals surface area (Å²) in [6, 6.07) is 19.0. The Balaban J connectivity index is 1.26. The van der Waals surface area contributed by atoms with Gasteiger partial charge in [0, 0.05) is 36.7 Å². The number of hydrogen-bond donors (Lipinski definition) is 1. The van der Waals surface area contributed by atoms with Crippen LogP contribution >= 0.6 is 0 Å². The van der Waals surface area contributed by atoms with Crippen molar-refractivity contribution >= 4 is 11.1 Å². The third-order valence-corrected chi connectivity index (χ3v) is 7.07. The molecule has 0 radical (unpaired) electrons. The van der Waals surface area contributed by atoms with Crippen molar-refractivity contribution in [2.45, 2.75) is 13.0 Å². The lowest BCUT2D eigenvalue weighted by atomic mass is 9.86. The first kappa shape index (κ1) is 22.7. The van der Waals surface area contributed by atoms with Crippen molar-refractivity contribution in [3.63, 3.8) is 0 Å². The molecule has 3 aromatic carbocycles. The highest BCUT2D eigenvalue weighted by atomic mass is 19.1. The van der Waals surface area contributed by atoms with Crippen LogP contribution in [0.3, 0.4) is 0 Å². The number of likely N-dealkylation sites (tertiary alicyclic amines) is 1. The predicted molar refractivity (Wildman–Crippen MR) is 134 cm³/mol. The van der Waals surface area contributed by atoms with E-state index in [2.05, 4.69) is 11.8 Å². The number of nitrogens with zero attached hydrogens (tertiary/aromatic N) is 1. The van der Waals surface area contributed by atoms with Crippen molar-refractivity contribution in [1.29, 1.82) is 0 Å². The summed E-state index contributed by atoms with van der Waals surface area (Å²) in [6.07, 6.45) is -0.352. The van der Waals surface area contributed by atoms with Crippen LogP contribution in [0.1, 0.15) is 29.7 Å². The number of hydrogen-bond acceptors (Lipinski definition) is 6. The van der Waals surface area contributed by atoms with E-state index in [1.54, 1.807) is 18.2 Å². The Morgan fingerprint density at radius 2 is 1.75 bits per heavy atom. The van der Waals surface area contributed by atoms with Crippen molar-refractivity contribution in [3.8, 4) is 28.7 Å². The summed E-state index contributed by atoms with van der Waals surface area (Å²) in [5.41, 5.74) is 4.84. The Labute approximate surface area is 209 Å². The van der Waals surface area contributed by atoms with E-state index in [4.69, 9.17) is 18.9 Å². The quantitative estimate of drug-likeness (QED) is 0.475. The van der Waals surface area contributed by atoms with E-state index in [-0.39, 0.29) is 31.2 Å². The lowest BCUT2D eigenvalue weighted by Crippen LogP contribution is -2.49. The van der Waals surface area contributed by atoms with Gasteiger partial charge >= 0.3 is 0 Å². The van der Waals surface area contributed by atoms with Gasteiger partial charge in [-0.1, -0.05) is 18.2 Å². The summed E-state index contributed by atoms with van der Waals surface area (Å²) in [7, 11) is 0. The number of aromatic hydroxyl groups is 1. The maximum Gasteiger partial charge on any atom is 0.231 e. The molecular weight excluding hydrogens is 461 g/mol. The van der Waals surface area contributed by atoms with Crippen molar-refractivity contribution in [2.75, 3.05) is 39.7 Å². The van der Waals surface area contributed by atoms with Gasteiger partial charge in [0.15, 0.2) is 11.5 Å². The SMILES string of the molecule is CC1=C(c2ccc3c(c2)OCO3)C(c2ccc(OCCN3CC(CF)C3)cc2)Oc2ccc(O)cc21. The van der Waals surface area contributed by atoms with E-state index in [1.165, 1.54) is 0 Å². The summed E-state index contributed by atoms with van der Waals surface area (Å²) in [5.74, 6) is 3.32. The zero-order chi connectivity index (χ0) is 24.6. The second-order valence-corrected chi connectivity index (χ2v) is 9.48. The Hall–Kier alpha value is -3.71. The maximum absolute atomic E-state index is 12.6. The molecule has 0 saturated carbocycles. The van der Waals surface area contributed by atoms with Crippen LogP contribution in [0, 0.1) is 5.92 Å². The van der Waals surface area contributed by atoms with Crippen LogP contribution < -0.4 is 18.9 Å². The lowest BCUT2D eigenvalue weighted by Gasteiger charge is -2.37.